The van der Waals surface area contributed by atoms with Gasteiger partial charge in [-0.2, -0.15) is 4.31 Å². The third-order valence-electron chi connectivity index (χ3n) is 4.28. The Morgan fingerprint density at radius 3 is 2.54 bits per heavy atom. The highest BCUT2D eigenvalue weighted by atomic mass is 32.2. The van der Waals surface area contributed by atoms with Crippen molar-refractivity contribution in [2.75, 3.05) is 17.6 Å². The topological polar surface area (TPSA) is 66.5 Å². The van der Waals surface area contributed by atoms with E-state index in [2.05, 4.69) is 5.32 Å². The van der Waals surface area contributed by atoms with Gasteiger partial charge >= 0.3 is 0 Å². The Hall–Kier alpha value is -2.32. The normalized spacial score (nSPS) is 14.7. The maximum atomic E-state index is 13.1. The molecule has 0 unspecified atom stereocenters. The van der Waals surface area contributed by atoms with Gasteiger partial charge in [0.05, 0.1) is 5.75 Å². The number of rotatable bonds is 5. The Labute approximate surface area is 150 Å². The Bertz CT molecular complexity index is 932. The van der Waals surface area contributed by atoms with Gasteiger partial charge in [-0.05, 0) is 29.7 Å². The second-order valence-electron chi connectivity index (χ2n) is 6.10. The van der Waals surface area contributed by atoms with Crippen molar-refractivity contribution in [1.82, 2.24) is 4.31 Å². The lowest BCUT2D eigenvalue weighted by Crippen LogP contribution is -2.38. The van der Waals surface area contributed by atoms with Gasteiger partial charge in [0.15, 0.2) is 11.6 Å². The lowest BCUT2D eigenvalue weighted by atomic mass is 10.0. The summed E-state index contributed by atoms with van der Waals surface area (Å²) in [6.45, 7) is 0.674. The molecule has 2 aromatic rings. The third-order valence-corrected chi connectivity index (χ3v) is 6.10. The first-order valence-corrected chi connectivity index (χ1v) is 9.75. The quantitative estimate of drug-likeness (QED) is 0.867. The monoisotopic (exact) mass is 380 g/mol. The number of fused-ring (bicyclic) bond motifs is 1. The average molecular weight is 380 g/mol. The van der Waals surface area contributed by atoms with Crippen LogP contribution in [0.5, 0.6) is 0 Å². The van der Waals surface area contributed by atoms with Crippen molar-refractivity contribution in [2.24, 2.45) is 0 Å². The number of benzene rings is 2. The fourth-order valence-electron chi connectivity index (χ4n) is 2.86. The van der Waals surface area contributed by atoms with Crippen molar-refractivity contribution in [3.05, 3.63) is 65.2 Å². The summed E-state index contributed by atoms with van der Waals surface area (Å²) in [6.07, 6.45) is 0.371. The number of carbonyl (C=O) groups excluding carboxylic acids is 1. The number of sulfonamides is 1. The first-order chi connectivity index (χ1) is 12.3. The summed E-state index contributed by atoms with van der Waals surface area (Å²) < 4.78 is 52.4. The molecule has 0 fully saturated rings. The number of amides is 1. The van der Waals surface area contributed by atoms with Gasteiger partial charge in [-0.15, -0.1) is 0 Å². The molecule has 0 aliphatic carbocycles. The summed E-state index contributed by atoms with van der Waals surface area (Å²) in [7, 11) is -3.59. The molecule has 0 spiro atoms. The standard InChI is InChI=1S/C18H18F2N2O3S/c19-16-6-5-15(11-17(16)20)21-18(23)8-10-26(24,25)22-9-7-13-3-1-2-4-14(13)12-22/h1-6,11H,7-10,12H2,(H,21,23). The molecule has 1 aliphatic heterocycles. The van der Waals surface area contributed by atoms with Crippen molar-refractivity contribution in [1.29, 1.82) is 0 Å². The number of carbonyl (C=O) groups is 1. The van der Waals surface area contributed by atoms with Crippen LogP contribution in [0.2, 0.25) is 0 Å². The van der Waals surface area contributed by atoms with Crippen LogP contribution in [0.25, 0.3) is 0 Å². The van der Waals surface area contributed by atoms with Crippen LogP contribution in [0.3, 0.4) is 0 Å². The summed E-state index contributed by atoms with van der Waals surface area (Å²) >= 11 is 0. The Balaban J connectivity index is 1.58. The van der Waals surface area contributed by atoms with E-state index in [-0.39, 0.29) is 17.9 Å². The van der Waals surface area contributed by atoms with Crippen molar-refractivity contribution >= 4 is 21.6 Å². The van der Waals surface area contributed by atoms with E-state index in [4.69, 9.17) is 0 Å². The number of halogens is 2. The molecule has 26 heavy (non-hydrogen) atoms. The molecule has 3 rings (SSSR count). The van der Waals surface area contributed by atoms with Crippen LogP contribution in [-0.2, 0) is 27.8 Å². The van der Waals surface area contributed by atoms with Crippen LogP contribution in [0.15, 0.2) is 42.5 Å². The van der Waals surface area contributed by atoms with E-state index in [9.17, 15) is 22.0 Å². The van der Waals surface area contributed by atoms with Crippen LogP contribution in [0.4, 0.5) is 14.5 Å². The molecule has 0 saturated heterocycles. The number of hydrogen-bond acceptors (Lipinski definition) is 3. The van der Waals surface area contributed by atoms with Crippen LogP contribution in [0.1, 0.15) is 17.5 Å². The fourth-order valence-corrected chi connectivity index (χ4v) is 4.26. The van der Waals surface area contributed by atoms with E-state index in [1.165, 1.54) is 10.4 Å². The van der Waals surface area contributed by atoms with Crippen LogP contribution in [0, 0.1) is 11.6 Å². The molecule has 0 bridgehead atoms. The predicted molar refractivity (Wildman–Crippen MR) is 93.9 cm³/mol. The average Bonchev–Trinajstić information content (AvgIpc) is 2.63. The highest BCUT2D eigenvalue weighted by Gasteiger charge is 2.27. The molecule has 5 nitrogen and oxygen atoms in total. The molecule has 1 aliphatic rings. The van der Waals surface area contributed by atoms with Crippen molar-refractivity contribution in [3.8, 4) is 0 Å². The Morgan fingerprint density at radius 2 is 1.81 bits per heavy atom. The van der Waals surface area contributed by atoms with E-state index in [1.807, 2.05) is 24.3 Å². The molecule has 0 aromatic heterocycles. The van der Waals surface area contributed by atoms with Crippen LogP contribution < -0.4 is 5.32 Å². The molecule has 0 radical (unpaired) electrons. The second kappa shape index (κ2) is 7.51. The number of nitrogens with zero attached hydrogens (tertiary/aromatic N) is 1. The highest BCUT2D eigenvalue weighted by molar-refractivity contribution is 7.89. The maximum absolute atomic E-state index is 13.1. The predicted octanol–water partition coefficient (Wildman–Crippen LogP) is 2.68. The second-order valence-corrected chi connectivity index (χ2v) is 8.18. The van der Waals surface area contributed by atoms with Gasteiger partial charge in [-0.3, -0.25) is 4.79 Å². The summed E-state index contributed by atoms with van der Waals surface area (Å²) in [4.78, 5) is 11.9. The van der Waals surface area contributed by atoms with Gasteiger partial charge in [0.2, 0.25) is 15.9 Å². The molecule has 0 saturated carbocycles. The Morgan fingerprint density at radius 1 is 1.08 bits per heavy atom. The van der Waals surface area contributed by atoms with Crippen molar-refractivity contribution in [2.45, 2.75) is 19.4 Å². The third kappa shape index (κ3) is 4.25. The first kappa shape index (κ1) is 18.5. The maximum Gasteiger partial charge on any atom is 0.225 e. The van der Waals surface area contributed by atoms with E-state index in [0.29, 0.717) is 19.5 Å². The van der Waals surface area contributed by atoms with Gasteiger partial charge in [-0.1, -0.05) is 24.3 Å². The zero-order valence-corrected chi connectivity index (χ0v) is 14.7. The first-order valence-electron chi connectivity index (χ1n) is 8.15. The van der Waals surface area contributed by atoms with Gasteiger partial charge in [0.25, 0.3) is 0 Å². The molecule has 2 aromatic carbocycles. The zero-order valence-electron chi connectivity index (χ0n) is 13.9. The Kier molecular flexibility index (Phi) is 5.33. The molecule has 1 amide bonds. The minimum absolute atomic E-state index is 0.0817. The minimum Gasteiger partial charge on any atom is -0.326 e. The molecular formula is C18H18F2N2O3S. The lowest BCUT2D eigenvalue weighted by Gasteiger charge is -2.28. The molecule has 0 atom stereocenters. The number of hydrogen-bond donors (Lipinski definition) is 1. The summed E-state index contributed by atoms with van der Waals surface area (Å²) in [5.74, 6) is -3.01. The van der Waals surface area contributed by atoms with E-state index in [0.717, 1.165) is 23.3 Å². The van der Waals surface area contributed by atoms with E-state index >= 15 is 0 Å². The molecular weight excluding hydrogens is 362 g/mol. The van der Waals surface area contributed by atoms with Gasteiger partial charge in [-0.25, -0.2) is 17.2 Å². The smallest absolute Gasteiger partial charge is 0.225 e. The molecule has 138 valence electrons. The zero-order chi connectivity index (χ0) is 18.7. The van der Waals surface area contributed by atoms with Crippen molar-refractivity contribution < 1.29 is 22.0 Å². The van der Waals surface area contributed by atoms with E-state index < -0.39 is 27.6 Å². The lowest BCUT2D eigenvalue weighted by molar-refractivity contribution is -0.115. The van der Waals surface area contributed by atoms with Gasteiger partial charge in [0.1, 0.15) is 0 Å². The van der Waals surface area contributed by atoms with Gasteiger partial charge in [0, 0.05) is 31.3 Å². The molecule has 1 N–H and O–H groups in total. The molecule has 1 heterocycles. The van der Waals surface area contributed by atoms with Crippen LogP contribution >= 0.6 is 0 Å². The number of anilines is 1. The summed E-state index contributed by atoms with van der Waals surface area (Å²) in [5.41, 5.74) is 2.18. The van der Waals surface area contributed by atoms with Gasteiger partial charge < -0.3 is 5.32 Å². The fraction of sp³-hybridized carbons (Fsp3) is 0.278. The molecule has 8 heteroatoms. The largest absolute Gasteiger partial charge is 0.326 e. The highest BCUT2D eigenvalue weighted by Crippen LogP contribution is 2.21. The van der Waals surface area contributed by atoms with Crippen molar-refractivity contribution in [3.63, 3.8) is 0 Å². The minimum atomic E-state index is -3.59. The van der Waals surface area contributed by atoms with Crippen LogP contribution in [-0.4, -0.2) is 30.9 Å². The summed E-state index contributed by atoms with van der Waals surface area (Å²) in [5, 5.41) is 2.37. The number of nitrogens with one attached hydrogen (secondary N) is 1. The van der Waals surface area contributed by atoms with E-state index in [1.54, 1.807) is 0 Å². The SMILES string of the molecule is O=C(CCS(=O)(=O)N1CCc2ccccc2C1)Nc1ccc(F)c(F)c1. The summed E-state index contributed by atoms with van der Waals surface area (Å²) in [6, 6.07) is 10.6.